The zero-order chi connectivity index (χ0) is 22.6. The predicted octanol–water partition coefficient (Wildman–Crippen LogP) is 5.80. The lowest BCUT2D eigenvalue weighted by molar-refractivity contribution is -0.159. The first-order chi connectivity index (χ1) is 14.5. The zero-order valence-corrected chi connectivity index (χ0v) is 20.9. The third kappa shape index (κ3) is 4.14. The molecule has 4 aliphatic carbocycles. The zero-order valence-electron chi connectivity index (χ0n) is 20.9. The summed E-state index contributed by atoms with van der Waals surface area (Å²) in [6.07, 6.45) is 13.1. The lowest BCUT2D eigenvalue weighted by Gasteiger charge is -2.62. The summed E-state index contributed by atoms with van der Waals surface area (Å²) in [6, 6.07) is 0. The molecular weight excluding hydrogens is 384 g/mol. The summed E-state index contributed by atoms with van der Waals surface area (Å²) in [4.78, 5) is 0. The molecule has 0 aromatic heterocycles. The first kappa shape index (κ1) is 24.0. The van der Waals surface area contributed by atoms with Crippen LogP contribution in [0, 0.1) is 52.3 Å². The fourth-order valence-electron chi connectivity index (χ4n) is 9.78. The van der Waals surface area contributed by atoms with Gasteiger partial charge >= 0.3 is 0 Å². The molecule has 4 saturated carbocycles. The standard InChI is InChI=1S/C28H50O3/c1-18(7-6-14-26(2,3)31)21-10-11-22-19-8-9-23-20(17-29)25(30)13-16-28(23,5)24(19)12-15-27(21,22)4/h18-25,29-31H,6-17H2,1-5H3/t18-,19+,20?,21-,22+,23+,24+,25+,27-,28+/m1/s1. The lowest BCUT2D eigenvalue weighted by atomic mass is 9.43. The van der Waals surface area contributed by atoms with Crippen LogP contribution in [0.15, 0.2) is 0 Å². The number of hydrogen-bond donors (Lipinski definition) is 3. The highest BCUT2D eigenvalue weighted by Gasteiger charge is 2.61. The minimum Gasteiger partial charge on any atom is -0.396 e. The molecule has 3 nitrogen and oxygen atoms in total. The van der Waals surface area contributed by atoms with E-state index in [1.807, 2.05) is 13.8 Å². The number of aliphatic hydroxyl groups excluding tert-OH is 2. The van der Waals surface area contributed by atoms with Gasteiger partial charge in [0, 0.05) is 12.5 Å². The molecule has 0 radical (unpaired) electrons. The highest BCUT2D eigenvalue weighted by Crippen LogP contribution is 2.68. The molecule has 0 amide bonds. The van der Waals surface area contributed by atoms with E-state index >= 15 is 0 Å². The van der Waals surface area contributed by atoms with E-state index in [0.29, 0.717) is 16.7 Å². The van der Waals surface area contributed by atoms with Gasteiger partial charge in [0.25, 0.3) is 0 Å². The van der Waals surface area contributed by atoms with Crippen molar-refractivity contribution in [3.05, 3.63) is 0 Å². The molecule has 0 saturated heterocycles. The average Bonchev–Trinajstić information content (AvgIpc) is 3.04. The Morgan fingerprint density at radius 1 is 0.903 bits per heavy atom. The summed E-state index contributed by atoms with van der Waals surface area (Å²) in [5.74, 6) is 4.70. The molecule has 0 spiro atoms. The van der Waals surface area contributed by atoms with Gasteiger partial charge in [0.05, 0.1) is 11.7 Å². The summed E-state index contributed by atoms with van der Waals surface area (Å²) in [6.45, 7) is 11.7. The maximum absolute atomic E-state index is 10.6. The largest absolute Gasteiger partial charge is 0.396 e. The van der Waals surface area contributed by atoms with Gasteiger partial charge in [-0.15, -0.1) is 0 Å². The molecule has 0 aliphatic heterocycles. The molecule has 10 atom stereocenters. The Kier molecular flexibility index (Phi) is 6.65. The van der Waals surface area contributed by atoms with Gasteiger partial charge in [-0.25, -0.2) is 0 Å². The van der Waals surface area contributed by atoms with Gasteiger partial charge in [-0.2, -0.15) is 0 Å². The van der Waals surface area contributed by atoms with Crippen LogP contribution in [0.25, 0.3) is 0 Å². The first-order valence-corrected chi connectivity index (χ1v) is 13.5. The van der Waals surface area contributed by atoms with E-state index in [9.17, 15) is 15.3 Å². The van der Waals surface area contributed by atoms with Crippen LogP contribution in [0.2, 0.25) is 0 Å². The van der Waals surface area contributed by atoms with E-state index in [4.69, 9.17) is 0 Å². The van der Waals surface area contributed by atoms with Gasteiger partial charge in [-0.3, -0.25) is 0 Å². The van der Waals surface area contributed by atoms with Gasteiger partial charge in [0.15, 0.2) is 0 Å². The van der Waals surface area contributed by atoms with Crippen molar-refractivity contribution in [2.24, 2.45) is 52.3 Å². The van der Waals surface area contributed by atoms with Crippen molar-refractivity contribution in [2.75, 3.05) is 6.61 Å². The molecule has 0 bridgehead atoms. The smallest absolute Gasteiger partial charge is 0.0593 e. The highest BCUT2D eigenvalue weighted by atomic mass is 16.3. The number of aliphatic hydroxyl groups is 3. The molecule has 3 heteroatoms. The maximum Gasteiger partial charge on any atom is 0.0593 e. The van der Waals surface area contributed by atoms with Crippen molar-refractivity contribution in [3.8, 4) is 0 Å². The Bertz CT molecular complexity index is 626. The molecule has 0 heterocycles. The Morgan fingerprint density at radius 3 is 2.23 bits per heavy atom. The molecule has 31 heavy (non-hydrogen) atoms. The van der Waals surface area contributed by atoms with Crippen LogP contribution in [0.4, 0.5) is 0 Å². The van der Waals surface area contributed by atoms with Crippen molar-refractivity contribution in [2.45, 2.75) is 117 Å². The van der Waals surface area contributed by atoms with Crippen LogP contribution in [-0.4, -0.2) is 33.6 Å². The van der Waals surface area contributed by atoms with Crippen LogP contribution in [0.1, 0.15) is 105 Å². The van der Waals surface area contributed by atoms with E-state index in [2.05, 4.69) is 20.8 Å². The maximum atomic E-state index is 10.6. The van der Waals surface area contributed by atoms with Crippen molar-refractivity contribution >= 4 is 0 Å². The van der Waals surface area contributed by atoms with Gasteiger partial charge in [-0.05, 0) is 118 Å². The highest BCUT2D eigenvalue weighted by molar-refractivity contribution is 5.10. The van der Waals surface area contributed by atoms with Crippen molar-refractivity contribution in [1.29, 1.82) is 0 Å². The van der Waals surface area contributed by atoms with E-state index in [-0.39, 0.29) is 18.6 Å². The summed E-state index contributed by atoms with van der Waals surface area (Å²) in [5, 5.41) is 30.7. The topological polar surface area (TPSA) is 60.7 Å². The van der Waals surface area contributed by atoms with E-state index in [1.54, 1.807) is 0 Å². The normalized spacial score (nSPS) is 48.6. The molecular formula is C28H50O3. The molecule has 4 fully saturated rings. The van der Waals surface area contributed by atoms with Crippen molar-refractivity contribution in [1.82, 2.24) is 0 Å². The van der Waals surface area contributed by atoms with Crippen molar-refractivity contribution in [3.63, 3.8) is 0 Å². The SMILES string of the molecule is C[C@H](CCCC(C)(C)O)[C@H]1CC[C@H]2[C@@H]3CC[C@H]4C(CO)[C@@H](O)CC[C@]4(C)[C@H]3CC[C@]12C. The molecule has 0 aromatic carbocycles. The molecule has 4 aliphatic rings. The molecule has 1 unspecified atom stereocenters. The van der Waals surface area contributed by atoms with Crippen LogP contribution >= 0.6 is 0 Å². The van der Waals surface area contributed by atoms with Gasteiger partial charge in [-0.1, -0.05) is 33.6 Å². The quantitative estimate of drug-likeness (QED) is 0.495. The number of fused-ring (bicyclic) bond motifs is 5. The summed E-state index contributed by atoms with van der Waals surface area (Å²) < 4.78 is 0. The Labute approximate surface area is 191 Å². The van der Waals surface area contributed by atoms with Crippen LogP contribution < -0.4 is 0 Å². The van der Waals surface area contributed by atoms with E-state index < -0.39 is 5.60 Å². The lowest BCUT2D eigenvalue weighted by Crippen LogP contribution is -2.57. The second-order valence-electron chi connectivity index (χ2n) is 13.4. The van der Waals surface area contributed by atoms with E-state index in [0.717, 1.165) is 55.3 Å². The average molecular weight is 435 g/mol. The van der Waals surface area contributed by atoms with Gasteiger partial charge < -0.3 is 15.3 Å². The van der Waals surface area contributed by atoms with Crippen LogP contribution in [0.5, 0.6) is 0 Å². The number of rotatable bonds is 6. The fraction of sp³-hybridized carbons (Fsp3) is 1.00. The monoisotopic (exact) mass is 434 g/mol. The fourth-order valence-corrected chi connectivity index (χ4v) is 9.78. The minimum atomic E-state index is -0.534. The Hall–Kier alpha value is -0.120. The summed E-state index contributed by atoms with van der Waals surface area (Å²) in [7, 11) is 0. The summed E-state index contributed by atoms with van der Waals surface area (Å²) >= 11 is 0. The Morgan fingerprint density at radius 2 is 1.55 bits per heavy atom. The third-order valence-electron chi connectivity index (χ3n) is 11.4. The minimum absolute atomic E-state index is 0.0973. The second kappa shape index (κ2) is 8.58. The van der Waals surface area contributed by atoms with E-state index in [1.165, 1.54) is 44.9 Å². The third-order valence-corrected chi connectivity index (χ3v) is 11.4. The second-order valence-corrected chi connectivity index (χ2v) is 13.4. The van der Waals surface area contributed by atoms with Crippen LogP contribution in [0.3, 0.4) is 0 Å². The van der Waals surface area contributed by atoms with Crippen LogP contribution in [-0.2, 0) is 0 Å². The predicted molar refractivity (Wildman–Crippen MR) is 126 cm³/mol. The molecule has 180 valence electrons. The first-order valence-electron chi connectivity index (χ1n) is 13.5. The summed E-state index contributed by atoms with van der Waals surface area (Å²) in [5.41, 5.74) is 0.268. The molecule has 3 N–H and O–H groups in total. The van der Waals surface area contributed by atoms with Gasteiger partial charge in [0.2, 0.25) is 0 Å². The van der Waals surface area contributed by atoms with Crippen molar-refractivity contribution < 1.29 is 15.3 Å². The Balaban J connectivity index is 1.47. The van der Waals surface area contributed by atoms with Gasteiger partial charge in [0.1, 0.15) is 0 Å². The number of hydrogen-bond acceptors (Lipinski definition) is 3. The molecule has 4 rings (SSSR count). The molecule has 0 aromatic rings.